The van der Waals surface area contributed by atoms with Gasteiger partial charge in [-0.25, -0.2) is 4.98 Å². The number of imidazole rings is 1. The average molecular weight is 278 g/mol. The van der Waals surface area contributed by atoms with E-state index in [1.54, 1.807) is 0 Å². The van der Waals surface area contributed by atoms with E-state index in [0.29, 0.717) is 18.0 Å². The Balaban J connectivity index is 2.27. The Hall–Kier alpha value is -0.870. The molecule has 0 radical (unpaired) electrons. The Labute approximate surface area is 123 Å². The zero-order chi connectivity index (χ0) is 14.5. The van der Waals surface area contributed by atoms with Crippen molar-refractivity contribution in [3.05, 3.63) is 18.2 Å². The number of hydrogen-bond donors (Lipinski definition) is 1. The fraction of sp³-hybridized carbons (Fsp3) is 0.812. The zero-order valence-corrected chi connectivity index (χ0v) is 13.5. The van der Waals surface area contributed by atoms with Gasteiger partial charge in [-0.05, 0) is 59.3 Å². The molecule has 2 heterocycles. The van der Waals surface area contributed by atoms with Crippen LogP contribution in [0.1, 0.15) is 57.8 Å². The van der Waals surface area contributed by atoms with Crippen molar-refractivity contribution in [2.75, 3.05) is 26.7 Å². The highest BCUT2D eigenvalue weighted by Gasteiger charge is 2.31. The molecular weight excluding hydrogens is 248 g/mol. The molecule has 2 unspecified atom stereocenters. The SMILES string of the molecule is CCNCC1CCCCN(C)C1c1cncn1C(C)C. The molecule has 0 spiro atoms. The number of nitrogens with one attached hydrogen (secondary N) is 1. The van der Waals surface area contributed by atoms with Crippen molar-refractivity contribution in [2.45, 2.75) is 52.1 Å². The van der Waals surface area contributed by atoms with Gasteiger partial charge in [0, 0.05) is 12.2 Å². The molecule has 2 rings (SSSR count). The summed E-state index contributed by atoms with van der Waals surface area (Å²) in [5.41, 5.74) is 1.38. The molecule has 0 amide bonds. The van der Waals surface area contributed by atoms with Crippen molar-refractivity contribution in [3.63, 3.8) is 0 Å². The van der Waals surface area contributed by atoms with Crippen LogP contribution in [0.2, 0.25) is 0 Å². The summed E-state index contributed by atoms with van der Waals surface area (Å²) in [7, 11) is 2.27. The first-order chi connectivity index (χ1) is 9.65. The van der Waals surface area contributed by atoms with E-state index < -0.39 is 0 Å². The van der Waals surface area contributed by atoms with E-state index >= 15 is 0 Å². The van der Waals surface area contributed by atoms with Gasteiger partial charge in [-0.15, -0.1) is 0 Å². The molecule has 1 fully saturated rings. The van der Waals surface area contributed by atoms with Gasteiger partial charge >= 0.3 is 0 Å². The summed E-state index contributed by atoms with van der Waals surface area (Å²) in [5.74, 6) is 0.677. The van der Waals surface area contributed by atoms with Crippen LogP contribution in [0.25, 0.3) is 0 Å². The van der Waals surface area contributed by atoms with E-state index in [4.69, 9.17) is 0 Å². The first-order valence-corrected chi connectivity index (χ1v) is 8.07. The summed E-state index contributed by atoms with van der Waals surface area (Å²) >= 11 is 0. The second-order valence-corrected chi connectivity index (χ2v) is 6.31. The Morgan fingerprint density at radius 1 is 1.40 bits per heavy atom. The summed E-state index contributed by atoms with van der Waals surface area (Å²) < 4.78 is 2.34. The lowest BCUT2D eigenvalue weighted by Crippen LogP contribution is -2.36. The molecule has 1 aliphatic rings. The van der Waals surface area contributed by atoms with Crippen LogP contribution in [0.5, 0.6) is 0 Å². The molecule has 1 saturated heterocycles. The predicted molar refractivity (Wildman–Crippen MR) is 83.9 cm³/mol. The van der Waals surface area contributed by atoms with Crippen LogP contribution in [-0.2, 0) is 0 Å². The average Bonchev–Trinajstić information content (AvgIpc) is 2.82. The molecule has 0 aliphatic carbocycles. The molecule has 1 aromatic heterocycles. The Morgan fingerprint density at radius 2 is 2.20 bits per heavy atom. The van der Waals surface area contributed by atoms with E-state index in [2.05, 4.69) is 53.8 Å². The van der Waals surface area contributed by atoms with Gasteiger partial charge in [0.15, 0.2) is 0 Å². The summed E-state index contributed by atoms with van der Waals surface area (Å²) in [6, 6.07) is 0.963. The zero-order valence-electron chi connectivity index (χ0n) is 13.5. The van der Waals surface area contributed by atoms with E-state index in [-0.39, 0.29) is 0 Å². The molecule has 0 aromatic carbocycles. The molecular formula is C16H30N4. The third kappa shape index (κ3) is 3.41. The molecule has 1 aliphatic heterocycles. The van der Waals surface area contributed by atoms with Crippen LogP contribution in [0.4, 0.5) is 0 Å². The smallest absolute Gasteiger partial charge is 0.0951 e. The minimum atomic E-state index is 0.476. The van der Waals surface area contributed by atoms with Gasteiger partial charge in [0.2, 0.25) is 0 Å². The summed E-state index contributed by atoms with van der Waals surface area (Å²) in [4.78, 5) is 6.95. The van der Waals surface area contributed by atoms with Crippen molar-refractivity contribution in [1.29, 1.82) is 0 Å². The minimum Gasteiger partial charge on any atom is -0.331 e. The van der Waals surface area contributed by atoms with Crippen LogP contribution in [0.15, 0.2) is 12.5 Å². The number of likely N-dealkylation sites (tertiary alicyclic amines) is 1. The van der Waals surface area contributed by atoms with Crippen molar-refractivity contribution in [3.8, 4) is 0 Å². The molecule has 20 heavy (non-hydrogen) atoms. The van der Waals surface area contributed by atoms with Gasteiger partial charge < -0.3 is 9.88 Å². The second-order valence-electron chi connectivity index (χ2n) is 6.31. The van der Waals surface area contributed by atoms with Crippen molar-refractivity contribution < 1.29 is 0 Å². The Kier molecular flexibility index (Phi) is 5.61. The Morgan fingerprint density at radius 3 is 2.90 bits per heavy atom. The van der Waals surface area contributed by atoms with Crippen LogP contribution >= 0.6 is 0 Å². The fourth-order valence-corrected chi connectivity index (χ4v) is 3.41. The number of nitrogens with zero attached hydrogens (tertiary/aromatic N) is 3. The largest absolute Gasteiger partial charge is 0.331 e. The number of hydrogen-bond acceptors (Lipinski definition) is 3. The van der Waals surface area contributed by atoms with Crippen LogP contribution in [-0.4, -0.2) is 41.1 Å². The van der Waals surface area contributed by atoms with E-state index in [1.807, 2.05) is 6.33 Å². The third-order valence-electron chi connectivity index (χ3n) is 4.47. The van der Waals surface area contributed by atoms with Crippen LogP contribution in [0, 0.1) is 5.92 Å². The molecule has 2 atom stereocenters. The first-order valence-electron chi connectivity index (χ1n) is 8.07. The molecule has 0 saturated carbocycles. The topological polar surface area (TPSA) is 33.1 Å². The minimum absolute atomic E-state index is 0.476. The standard InChI is InChI=1S/C16H30N4/c1-5-17-10-14-8-6-7-9-19(4)16(14)15-11-18-12-20(15)13(2)3/h11-14,16-17H,5-10H2,1-4H3. The molecule has 114 valence electrons. The van der Waals surface area contributed by atoms with Gasteiger partial charge in [-0.2, -0.15) is 0 Å². The highest BCUT2D eigenvalue weighted by atomic mass is 15.2. The number of rotatable bonds is 5. The number of aromatic nitrogens is 2. The summed E-state index contributed by atoms with van der Waals surface area (Å²) in [6.07, 6.45) is 8.03. The third-order valence-corrected chi connectivity index (χ3v) is 4.47. The lowest BCUT2D eigenvalue weighted by Gasteiger charge is -2.33. The quantitative estimate of drug-likeness (QED) is 0.899. The van der Waals surface area contributed by atoms with E-state index in [0.717, 1.165) is 13.1 Å². The maximum absolute atomic E-state index is 4.41. The van der Waals surface area contributed by atoms with Gasteiger partial charge in [0.25, 0.3) is 0 Å². The van der Waals surface area contributed by atoms with Gasteiger partial charge in [-0.3, -0.25) is 4.90 Å². The Bertz CT molecular complexity index is 399. The summed E-state index contributed by atoms with van der Waals surface area (Å²) in [5, 5.41) is 3.55. The van der Waals surface area contributed by atoms with E-state index in [9.17, 15) is 0 Å². The molecule has 1 aromatic rings. The van der Waals surface area contributed by atoms with Crippen LogP contribution in [0.3, 0.4) is 0 Å². The first kappa shape index (κ1) is 15.5. The van der Waals surface area contributed by atoms with Gasteiger partial charge in [0.1, 0.15) is 0 Å². The molecule has 4 nitrogen and oxygen atoms in total. The highest BCUT2D eigenvalue weighted by molar-refractivity contribution is 5.09. The van der Waals surface area contributed by atoms with Gasteiger partial charge in [-0.1, -0.05) is 13.3 Å². The predicted octanol–water partition coefficient (Wildman–Crippen LogP) is 2.85. The van der Waals surface area contributed by atoms with Crippen molar-refractivity contribution in [1.82, 2.24) is 19.8 Å². The van der Waals surface area contributed by atoms with Crippen LogP contribution < -0.4 is 5.32 Å². The maximum atomic E-state index is 4.41. The molecule has 4 heteroatoms. The normalized spacial score (nSPS) is 25.1. The molecule has 1 N–H and O–H groups in total. The van der Waals surface area contributed by atoms with Crippen molar-refractivity contribution >= 4 is 0 Å². The summed E-state index contributed by atoms with van der Waals surface area (Å²) in [6.45, 7) is 10.0. The van der Waals surface area contributed by atoms with Gasteiger partial charge in [0.05, 0.1) is 18.1 Å². The molecule has 0 bridgehead atoms. The lowest BCUT2D eigenvalue weighted by molar-refractivity contribution is 0.179. The van der Waals surface area contributed by atoms with Crippen molar-refractivity contribution in [2.24, 2.45) is 5.92 Å². The monoisotopic (exact) mass is 278 g/mol. The van der Waals surface area contributed by atoms with E-state index in [1.165, 1.54) is 31.5 Å². The highest BCUT2D eigenvalue weighted by Crippen LogP contribution is 2.34. The maximum Gasteiger partial charge on any atom is 0.0951 e. The second kappa shape index (κ2) is 7.23. The fourth-order valence-electron chi connectivity index (χ4n) is 3.41. The lowest BCUT2D eigenvalue weighted by atomic mass is 9.92.